The minimum Gasteiger partial charge on any atom is -0.319 e. The molecule has 1 amide bonds. The van der Waals surface area contributed by atoms with Crippen LogP contribution in [-0.4, -0.2) is 20.6 Å². The van der Waals surface area contributed by atoms with Crippen molar-refractivity contribution in [1.82, 2.24) is 0 Å². The lowest BCUT2D eigenvalue weighted by Gasteiger charge is -2.11. The first-order valence-corrected chi connectivity index (χ1v) is 9.22. The van der Waals surface area contributed by atoms with Gasteiger partial charge in [-0.05, 0) is 30.3 Å². The van der Waals surface area contributed by atoms with Crippen molar-refractivity contribution in [3.05, 3.63) is 57.0 Å². The van der Waals surface area contributed by atoms with Crippen LogP contribution in [0.1, 0.15) is 10.4 Å². The average molecular weight is 394 g/mol. The third-order valence-corrected chi connectivity index (χ3v) is 4.27. The smallest absolute Gasteiger partial charge is 0.257 e. The summed E-state index contributed by atoms with van der Waals surface area (Å²) < 4.78 is 24.6. The molecular formula is C14H11Cl3N2O3S. The lowest BCUT2D eigenvalue weighted by Crippen LogP contribution is -2.14. The van der Waals surface area contributed by atoms with Crippen molar-refractivity contribution in [2.24, 2.45) is 0 Å². The Morgan fingerprint density at radius 1 is 1.00 bits per heavy atom. The molecule has 0 atom stereocenters. The summed E-state index contributed by atoms with van der Waals surface area (Å²) in [5.41, 5.74) is 0.682. The first-order chi connectivity index (χ1) is 10.7. The highest BCUT2D eigenvalue weighted by atomic mass is 35.5. The van der Waals surface area contributed by atoms with Gasteiger partial charge >= 0.3 is 0 Å². The average Bonchev–Trinajstić information content (AvgIpc) is 2.41. The van der Waals surface area contributed by atoms with Gasteiger partial charge in [-0.15, -0.1) is 0 Å². The van der Waals surface area contributed by atoms with Crippen LogP contribution in [0.4, 0.5) is 11.4 Å². The molecule has 0 unspecified atom stereocenters. The van der Waals surface area contributed by atoms with E-state index >= 15 is 0 Å². The molecule has 0 saturated heterocycles. The van der Waals surface area contributed by atoms with Gasteiger partial charge in [0.2, 0.25) is 10.0 Å². The van der Waals surface area contributed by atoms with Gasteiger partial charge in [0.1, 0.15) is 0 Å². The molecule has 0 saturated carbocycles. The van der Waals surface area contributed by atoms with Crippen molar-refractivity contribution in [2.75, 3.05) is 16.3 Å². The summed E-state index contributed by atoms with van der Waals surface area (Å²) in [5.74, 6) is -0.518. The normalized spacial score (nSPS) is 11.1. The van der Waals surface area contributed by atoms with Crippen LogP contribution in [0.2, 0.25) is 15.1 Å². The lowest BCUT2D eigenvalue weighted by atomic mass is 10.2. The Hall–Kier alpha value is -1.47. The zero-order valence-corrected chi connectivity index (χ0v) is 14.8. The van der Waals surface area contributed by atoms with Crippen molar-refractivity contribution in [1.29, 1.82) is 0 Å². The Morgan fingerprint density at radius 2 is 1.61 bits per heavy atom. The Balaban J connectivity index is 2.27. The molecule has 2 aromatic rings. The molecule has 2 N–H and O–H groups in total. The van der Waals surface area contributed by atoms with Gasteiger partial charge in [0, 0.05) is 5.69 Å². The number of hydrogen-bond donors (Lipinski definition) is 2. The van der Waals surface area contributed by atoms with Crippen LogP contribution in [0.5, 0.6) is 0 Å². The number of anilines is 2. The van der Waals surface area contributed by atoms with Crippen molar-refractivity contribution >= 4 is 62.1 Å². The molecule has 0 heterocycles. The molecule has 0 bridgehead atoms. The van der Waals surface area contributed by atoms with Gasteiger partial charge in [-0.25, -0.2) is 8.42 Å². The van der Waals surface area contributed by atoms with Gasteiger partial charge in [-0.3, -0.25) is 9.52 Å². The second-order valence-electron chi connectivity index (χ2n) is 4.62. The second kappa shape index (κ2) is 6.97. The van der Waals surface area contributed by atoms with Crippen LogP contribution in [0, 0.1) is 0 Å². The molecule has 0 radical (unpaired) electrons. The van der Waals surface area contributed by atoms with E-state index in [1.165, 1.54) is 18.2 Å². The summed E-state index contributed by atoms with van der Waals surface area (Å²) in [7, 11) is -3.43. The SMILES string of the molecule is CS(=O)(=O)Nc1ccc(C(=O)Nc2c(Cl)cccc2Cl)c(Cl)c1. The Morgan fingerprint density at radius 3 is 2.13 bits per heavy atom. The molecule has 2 aromatic carbocycles. The maximum Gasteiger partial charge on any atom is 0.257 e. The van der Waals surface area contributed by atoms with Crippen LogP contribution in [0.15, 0.2) is 36.4 Å². The molecule has 122 valence electrons. The molecular weight excluding hydrogens is 383 g/mol. The molecule has 0 fully saturated rings. The third-order valence-electron chi connectivity index (χ3n) is 2.72. The molecule has 23 heavy (non-hydrogen) atoms. The fraction of sp³-hybridized carbons (Fsp3) is 0.0714. The quantitative estimate of drug-likeness (QED) is 0.814. The number of sulfonamides is 1. The Labute approximate surface area is 148 Å². The minimum absolute atomic E-state index is 0.0827. The zero-order chi connectivity index (χ0) is 17.2. The molecule has 0 aliphatic heterocycles. The van der Waals surface area contributed by atoms with E-state index in [0.29, 0.717) is 0 Å². The van der Waals surface area contributed by atoms with E-state index in [1.807, 2.05) is 0 Å². The first-order valence-electron chi connectivity index (χ1n) is 6.20. The summed E-state index contributed by atoms with van der Waals surface area (Å²) in [6.07, 6.45) is 1.01. The fourth-order valence-corrected chi connectivity index (χ4v) is 3.09. The number of carbonyl (C=O) groups is 1. The molecule has 5 nitrogen and oxygen atoms in total. The van der Waals surface area contributed by atoms with Crippen LogP contribution >= 0.6 is 34.8 Å². The third kappa shape index (κ3) is 4.75. The number of amides is 1. The molecule has 0 aromatic heterocycles. The van der Waals surface area contributed by atoms with Crippen molar-refractivity contribution in [3.63, 3.8) is 0 Å². The maximum atomic E-state index is 12.3. The molecule has 2 rings (SSSR count). The molecule has 0 spiro atoms. The fourth-order valence-electron chi connectivity index (χ4n) is 1.77. The number of benzene rings is 2. The van der Waals surface area contributed by atoms with E-state index in [0.717, 1.165) is 6.26 Å². The molecule has 0 aliphatic carbocycles. The Kier molecular flexibility index (Phi) is 5.41. The second-order valence-corrected chi connectivity index (χ2v) is 7.59. The van der Waals surface area contributed by atoms with Gasteiger partial charge in [0.05, 0.1) is 32.6 Å². The van der Waals surface area contributed by atoms with Crippen LogP contribution in [0.3, 0.4) is 0 Å². The summed E-state index contributed by atoms with van der Waals surface area (Å²) >= 11 is 18.0. The van der Waals surface area contributed by atoms with Gasteiger partial charge in [0.25, 0.3) is 5.91 Å². The van der Waals surface area contributed by atoms with Crippen molar-refractivity contribution in [3.8, 4) is 0 Å². The highest BCUT2D eigenvalue weighted by Gasteiger charge is 2.15. The number of hydrogen-bond acceptors (Lipinski definition) is 3. The number of nitrogens with one attached hydrogen (secondary N) is 2. The van der Waals surface area contributed by atoms with E-state index in [1.54, 1.807) is 18.2 Å². The zero-order valence-electron chi connectivity index (χ0n) is 11.7. The van der Waals surface area contributed by atoms with Gasteiger partial charge in [0.15, 0.2) is 0 Å². The first kappa shape index (κ1) is 17.9. The molecule has 9 heteroatoms. The summed E-state index contributed by atoms with van der Waals surface area (Å²) in [4.78, 5) is 12.3. The van der Waals surface area contributed by atoms with Gasteiger partial charge in [-0.2, -0.15) is 0 Å². The summed E-state index contributed by atoms with van der Waals surface area (Å²) in [6.45, 7) is 0. The van der Waals surface area contributed by atoms with Crippen molar-refractivity contribution < 1.29 is 13.2 Å². The Bertz CT molecular complexity index is 849. The monoisotopic (exact) mass is 392 g/mol. The highest BCUT2D eigenvalue weighted by molar-refractivity contribution is 7.92. The lowest BCUT2D eigenvalue weighted by molar-refractivity contribution is 0.102. The van der Waals surface area contributed by atoms with E-state index in [-0.39, 0.29) is 32.0 Å². The molecule has 0 aliphatic rings. The predicted molar refractivity (Wildman–Crippen MR) is 94.3 cm³/mol. The number of rotatable bonds is 4. The van der Waals surface area contributed by atoms with E-state index in [4.69, 9.17) is 34.8 Å². The van der Waals surface area contributed by atoms with E-state index in [9.17, 15) is 13.2 Å². The van der Waals surface area contributed by atoms with Crippen molar-refractivity contribution in [2.45, 2.75) is 0 Å². The van der Waals surface area contributed by atoms with E-state index in [2.05, 4.69) is 10.0 Å². The maximum absolute atomic E-state index is 12.3. The van der Waals surface area contributed by atoms with Gasteiger partial charge in [-0.1, -0.05) is 40.9 Å². The van der Waals surface area contributed by atoms with Crippen LogP contribution in [-0.2, 0) is 10.0 Å². The topological polar surface area (TPSA) is 75.3 Å². The minimum atomic E-state index is -3.43. The van der Waals surface area contributed by atoms with Gasteiger partial charge < -0.3 is 5.32 Å². The van der Waals surface area contributed by atoms with Crippen LogP contribution in [0.25, 0.3) is 0 Å². The number of carbonyl (C=O) groups excluding carboxylic acids is 1. The van der Waals surface area contributed by atoms with Crippen LogP contribution < -0.4 is 10.0 Å². The standard InChI is InChI=1S/C14H11Cl3N2O3S/c1-23(21,22)19-8-5-6-9(12(17)7-8)14(20)18-13-10(15)3-2-4-11(13)16/h2-7,19H,1H3,(H,18,20). The predicted octanol–water partition coefficient (Wildman–Crippen LogP) is 4.27. The summed E-state index contributed by atoms with van der Waals surface area (Å²) in [6, 6.07) is 8.99. The number of halogens is 3. The van der Waals surface area contributed by atoms with E-state index < -0.39 is 15.9 Å². The highest BCUT2D eigenvalue weighted by Crippen LogP contribution is 2.31. The number of para-hydroxylation sites is 1. The summed E-state index contributed by atoms with van der Waals surface area (Å²) in [5, 5.41) is 3.24. The largest absolute Gasteiger partial charge is 0.319 e.